The highest BCUT2D eigenvalue weighted by Crippen LogP contribution is 2.37. The molecule has 1 aromatic carbocycles. The van der Waals surface area contributed by atoms with Crippen molar-refractivity contribution in [1.29, 1.82) is 0 Å². The van der Waals surface area contributed by atoms with Crippen LogP contribution in [0, 0.1) is 0 Å². The Morgan fingerprint density at radius 2 is 1.94 bits per heavy atom. The Kier molecular flexibility index (Phi) is 4.15. The van der Waals surface area contributed by atoms with Gasteiger partial charge in [0.2, 0.25) is 0 Å². The predicted molar refractivity (Wildman–Crippen MR) is 72.4 cm³/mol. The van der Waals surface area contributed by atoms with Crippen LogP contribution in [0.15, 0.2) is 52.0 Å². The van der Waals surface area contributed by atoms with Crippen LogP contribution < -0.4 is 5.73 Å². The molecule has 0 aliphatic heterocycles. The summed E-state index contributed by atoms with van der Waals surface area (Å²) in [5, 5.41) is 0.857. The maximum atomic E-state index is 6.00. The summed E-state index contributed by atoms with van der Waals surface area (Å²) < 4.78 is 5.43. The summed E-state index contributed by atoms with van der Waals surface area (Å²) in [6.45, 7) is 1.98. The Hall–Kier alpha value is -0.900. The van der Waals surface area contributed by atoms with Gasteiger partial charge in [-0.15, -0.1) is 11.8 Å². The minimum atomic E-state index is 0.0156. The van der Waals surface area contributed by atoms with E-state index in [2.05, 4.69) is 0 Å². The van der Waals surface area contributed by atoms with Crippen molar-refractivity contribution in [2.24, 2.45) is 5.73 Å². The van der Waals surface area contributed by atoms with Gasteiger partial charge in [-0.3, -0.25) is 0 Å². The lowest BCUT2D eigenvalue weighted by molar-refractivity contribution is 0.487. The van der Waals surface area contributed by atoms with Crippen molar-refractivity contribution in [3.8, 4) is 0 Å². The van der Waals surface area contributed by atoms with Gasteiger partial charge in [0.25, 0.3) is 0 Å². The van der Waals surface area contributed by atoms with Crippen LogP contribution in [0.4, 0.5) is 0 Å². The van der Waals surface area contributed by atoms with Gasteiger partial charge in [-0.25, -0.2) is 0 Å². The zero-order valence-electron chi connectivity index (χ0n) is 9.47. The SMILES string of the molecule is CC(N)C(Sc1ccc(Cl)cc1)c1ccco1. The zero-order chi connectivity index (χ0) is 12.3. The third-order valence-corrected chi connectivity index (χ3v) is 4.09. The average molecular weight is 268 g/mol. The van der Waals surface area contributed by atoms with Crippen molar-refractivity contribution in [2.75, 3.05) is 0 Å². The number of hydrogen-bond acceptors (Lipinski definition) is 3. The van der Waals surface area contributed by atoms with E-state index in [0.717, 1.165) is 15.7 Å². The fourth-order valence-electron chi connectivity index (χ4n) is 1.54. The van der Waals surface area contributed by atoms with Gasteiger partial charge >= 0.3 is 0 Å². The van der Waals surface area contributed by atoms with Gasteiger partial charge in [-0.05, 0) is 43.3 Å². The first-order valence-corrected chi connectivity index (χ1v) is 6.64. The average Bonchev–Trinajstić information content (AvgIpc) is 2.81. The molecule has 0 saturated carbocycles. The summed E-state index contributed by atoms with van der Waals surface area (Å²) >= 11 is 7.54. The summed E-state index contributed by atoms with van der Waals surface area (Å²) in [5.74, 6) is 0.903. The summed E-state index contributed by atoms with van der Waals surface area (Å²) in [7, 11) is 0. The molecular formula is C13H14ClNOS. The quantitative estimate of drug-likeness (QED) is 0.847. The van der Waals surface area contributed by atoms with Crippen molar-refractivity contribution < 1.29 is 4.42 Å². The third-order valence-electron chi connectivity index (χ3n) is 2.38. The second-order valence-corrected chi connectivity index (χ2v) is 5.52. The maximum Gasteiger partial charge on any atom is 0.118 e. The first-order chi connectivity index (χ1) is 8.16. The van der Waals surface area contributed by atoms with Crippen molar-refractivity contribution in [1.82, 2.24) is 0 Å². The molecule has 1 aromatic heterocycles. The molecule has 0 bridgehead atoms. The highest BCUT2D eigenvalue weighted by molar-refractivity contribution is 7.99. The van der Waals surface area contributed by atoms with E-state index in [1.54, 1.807) is 18.0 Å². The Bertz CT molecular complexity index is 453. The normalized spacial score (nSPS) is 14.5. The third kappa shape index (κ3) is 3.28. The summed E-state index contributed by atoms with van der Waals surface area (Å²) in [6, 6.07) is 11.6. The maximum absolute atomic E-state index is 6.00. The monoisotopic (exact) mass is 267 g/mol. The summed E-state index contributed by atoms with van der Waals surface area (Å²) in [6.07, 6.45) is 1.67. The topological polar surface area (TPSA) is 39.2 Å². The molecule has 0 aliphatic carbocycles. The van der Waals surface area contributed by atoms with E-state index in [-0.39, 0.29) is 11.3 Å². The minimum Gasteiger partial charge on any atom is -0.468 e. The van der Waals surface area contributed by atoms with Crippen molar-refractivity contribution in [2.45, 2.75) is 23.1 Å². The smallest absolute Gasteiger partial charge is 0.118 e. The van der Waals surface area contributed by atoms with Crippen molar-refractivity contribution >= 4 is 23.4 Å². The van der Waals surface area contributed by atoms with Crippen LogP contribution in [-0.4, -0.2) is 6.04 Å². The lowest BCUT2D eigenvalue weighted by atomic mass is 10.2. The lowest BCUT2D eigenvalue weighted by Gasteiger charge is -2.18. The minimum absolute atomic E-state index is 0.0156. The van der Waals surface area contributed by atoms with Crippen LogP contribution in [0.25, 0.3) is 0 Å². The highest BCUT2D eigenvalue weighted by atomic mass is 35.5. The van der Waals surface area contributed by atoms with Crippen LogP contribution >= 0.6 is 23.4 Å². The molecular weight excluding hydrogens is 254 g/mol. The molecule has 0 amide bonds. The van der Waals surface area contributed by atoms with Gasteiger partial charge in [0.15, 0.2) is 0 Å². The number of thioether (sulfide) groups is 1. The van der Waals surface area contributed by atoms with Gasteiger partial charge in [0.1, 0.15) is 5.76 Å². The standard InChI is InChI=1S/C13H14ClNOS/c1-9(15)13(12-3-2-8-16-12)17-11-6-4-10(14)5-7-11/h2-9,13H,15H2,1H3. The molecule has 0 spiro atoms. The zero-order valence-corrected chi connectivity index (χ0v) is 11.0. The van der Waals surface area contributed by atoms with E-state index in [1.165, 1.54) is 0 Å². The first kappa shape index (κ1) is 12.6. The second-order valence-electron chi connectivity index (χ2n) is 3.87. The Balaban J connectivity index is 2.16. The first-order valence-electron chi connectivity index (χ1n) is 5.38. The Morgan fingerprint density at radius 3 is 2.47 bits per heavy atom. The lowest BCUT2D eigenvalue weighted by Crippen LogP contribution is -2.22. The van der Waals surface area contributed by atoms with Crippen LogP contribution in [0.1, 0.15) is 17.9 Å². The highest BCUT2D eigenvalue weighted by Gasteiger charge is 2.20. The number of benzene rings is 1. The number of halogens is 1. The molecule has 0 radical (unpaired) electrons. The number of hydrogen-bond donors (Lipinski definition) is 1. The molecule has 0 saturated heterocycles. The number of nitrogens with two attached hydrogens (primary N) is 1. The van der Waals surface area contributed by atoms with Gasteiger partial charge < -0.3 is 10.2 Å². The molecule has 90 valence electrons. The second kappa shape index (κ2) is 5.63. The molecule has 2 N–H and O–H groups in total. The van der Waals surface area contributed by atoms with E-state index in [0.29, 0.717) is 0 Å². The molecule has 2 atom stereocenters. The van der Waals surface area contributed by atoms with Gasteiger partial charge in [0, 0.05) is 16.0 Å². The van der Waals surface area contributed by atoms with Crippen LogP contribution in [0.5, 0.6) is 0 Å². The van der Waals surface area contributed by atoms with E-state index in [1.807, 2.05) is 43.3 Å². The Labute approximate surface area is 110 Å². The predicted octanol–water partition coefficient (Wildman–Crippen LogP) is 4.11. The van der Waals surface area contributed by atoms with Crippen molar-refractivity contribution in [3.63, 3.8) is 0 Å². The van der Waals surface area contributed by atoms with Gasteiger partial charge in [-0.1, -0.05) is 11.6 Å². The van der Waals surface area contributed by atoms with Gasteiger partial charge in [-0.2, -0.15) is 0 Å². The van der Waals surface area contributed by atoms with E-state index < -0.39 is 0 Å². The summed E-state index contributed by atoms with van der Waals surface area (Å²) in [4.78, 5) is 1.13. The molecule has 2 unspecified atom stereocenters. The van der Waals surface area contributed by atoms with E-state index >= 15 is 0 Å². The van der Waals surface area contributed by atoms with E-state index in [9.17, 15) is 0 Å². The fraction of sp³-hybridized carbons (Fsp3) is 0.231. The van der Waals surface area contributed by atoms with Crippen LogP contribution in [0.2, 0.25) is 5.02 Å². The molecule has 0 aliphatic rings. The van der Waals surface area contributed by atoms with Crippen molar-refractivity contribution in [3.05, 3.63) is 53.4 Å². The summed E-state index contributed by atoms with van der Waals surface area (Å²) in [5.41, 5.74) is 6.00. The molecule has 2 nitrogen and oxygen atoms in total. The largest absolute Gasteiger partial charge is 0.468 e. The van der Waals surface area contributed by atoms with Crippen LogP contribution in [0.3, 0.4) is 0 Å². The molecule has 17 heavy (non-hydrogen) atoms. The molecule has 1 heterocycles. The molecule has 0 fully saturated rings. The molecule has 2 rings (SSSR count). The molecule has 4 heteroatoms. The molecule has 2 aromatic rings. The number of furan rings is 1. The van der Waals surface area contributed by atoms with Crippen LogP contribution in [-0.2, 0) is 0 Å². The van der Waals surface area contributed by atoms with E-state index in [4.69, 9.17) is 21.8 Å². The Morgan fingerprint density at radius 1 is 1.24 bits per heavy atom. The fourth-order valence-corrected chi connectivity index (χ4v) is 2.71. The number of rotatable bonds is 4. The van der Waals surface area contributed by atoms with Gasteiger partial charge in [0.05, 0.1) is 11.5 Å².